The smallest absolute Gasteiger partial charge is 0.0649 e. The van der Waals surface area contributed by atoms with Gasteiger partial charge in [-0.25, -0.2) is 4.68 Å². The summed E-state index contributed by atoms with van der Waals surface area (Å²) >= 11 is 2.00. The molecule has 1 aromatic carbocycles. The number of benzene rings is 1. The third-order valence-electron chi connectivity index (χ3n) is 3.49. The molecule has 2 atom stereocenters. The van der Waals surface area contributed by atoms with Gasteiger partial charge in [0.15, 0.2) is 0 Å². The average Bonchev–Trinajstić information content (AvgIpc) is 3.10. The summed E-state index contributed by atoms with van der Waals surface area (Å²) in [6, 6.07) is 12.3. The van der Waals surface area contributed by atoms with Gasteiger partial charge in [0.2, 0.25) is 0 Å². The van der Waals surface area contributed by atoms with Crippen LogP contribution in [-0.4, -0.2) is 21.3 Å². The molecule has 2 aromatic rings. The van der Waals surface area contributed by atoms with Crippen molar-refractivity contribution in [3.8, 4) is 5.69 Å². The summed E-state index contributed by atoms with van der Waals surface area (Å²) in [7, 11) is 0. The lowest BCUT2D eigenvalue weighted by molar-refractivity contribution is 0.463. The molecule has 0 bridgehead atoms. The molecule has 2 N–H and O–H groups in total. The molecule has 1 saturated heterocycles. The number of thioether (sulfide) groups is 1. The van der Waals surface area contributed by atoms with Crippen LogP contribution < -0.4 is 5.73 Å². The number of aromatic nitrogens is 2. The first kappa shape index (κ1) is 11.8. The Morgan fingerprint density at radius 3 is 2.83 bits per heavy atom. The van der Waals surface area contributed by atoms with Gasteiger partial charge in [-0.2, -0.15) is 16.9 Å². The third kappa shape index (κ3) is 2.18. The van der Waals surface area contributed by atoms with Crippen molar-refractivity contribution in [2.75, 3.05) is 11.5 Å². The molecule has 3 rings (SSSR count). The van der Waals surface area contributed by atoms with E-state index in [0.29, 0.717) is 5.92 Å². The Labute approximate surface area is 111 Å². The van der Waals surface area contributed by atoms with Crippen LogP contribution in [0.25, 0.3) is 5.69 Å². The summed E-state index contributed by atoms with van der Waals surface area (Å²) in [4.78, 5) is 0. The first-order valence-corrected chi connectivity index (χ1v) is 7.44. The van der Waals surface area contributed by atoms with Gasteiger partial charge in [0.1, 0.15) is 0 Å². The third-order valence-corrected chi connectivity index (χ3v) is 4.68. The molecular weight excluding hydrogens is 242 g/mol. The van der Waals surface area contributed by atoms with E-state index in [4.69, 9.17) is 5.73 Å². The SMILES string of the molecule is NC(c1ccnn1-c1ccccc1)C1CCSC1. The van der Waals surface area contributed by atoms with Crippen molar-refractivity contribution in [1.82, 2.24) is 9.78 Å². The van der Waals surface area contributed by atoms with Crippen molar-refractivity contribution in [3.05, 3.63) is 48.3 Å². The van der Waals surface area contributed by atoms with Crippen molar-refractivity contribution >= 4 is 11.8 Å². The van der Waals surface area contributed by atoms with Gasteiger partial charge in [-0.05, 0) is 42.0 Å². The number of hydrogen-bond acceptors (Lipinski definition) is 3. The molecule has 0 amide bonds. The lowest BCUT2D eigenvalue weighted by Crippen LogP contribution is -2.24. The van der Waals surface area contributed by atoms with Crippen LogP contribution in [0.3, 0.4) is 0 Å². The number of rotatable bonds is 3. The summed E-state index contributed by atoms with van der Waals surface area (Å²) < 4.78 is 1.97. The number of hydrogen-bond donors (Lipinski definition) is 1. The van der Waals surface area contributed by atoms with E-state index in [1.165, 1.54) is 17.9 Å². The molecule has 1 aromatic heterocycles. The Balaban J connectivity index is 1.91. The Morgan fingerprint density at radius 2 is 2.11 bits per heavy atom. The normalized spacial score (nSPS) is 21.1. The Bertz CT molecular complexity index is 503. The molecule has 0 aliphatic carbocycles. The van der Waals surface area contributed by atoms with E-state index in [0.717, 1.165) is 11.4 Å². The maximum atomic E-state index is 6.41. The molecule has 0 radical (unpaired) electrons. The summed E-state index contributed by atoms with van der Waals surface area (Å²) in [6.45, 7) is 0. The van der Waals surface area contributed by atoms with E-state index in [1.54, 1.807) is 0 Å². The van der Waals surface area contributed by atoms with Gasteiger partial charge in [0.25, 0.3) is 0 Å². The molecule has 0 saturated carbocycles. The topological polar surface area (TPSA) is 43.8 Å². The molecule has 94 valence electrons. The van der Waals surface area contributed by atoms with Crippen LogP contribution in [-0.2, 0) is 0 Å². The highest BCUT2D eigenvalue weighted by molar-refractivity contribution is 7.99. The fourth-order valence-corrected chi connectivity index (χ4v) is 3.74. The van der Waals surface area contributed by atoms with E-state index in [2.05, 4.69) is 17.2 Å². The van der Waals surface area contributed by atoms with E-state index >= 15 is 0 Å². The molecular formula is C14H17N3S. The van der Waals surface area contributed by atoms with Gasteiger partial charge in [-0.15, -0.1) is 0 Å². The van der Waals surface area contributed by atoms with Crippen molar-refractivity contribution in [3.63, 3.8) is 0 Å². The number of para-hydroxylation sites is 1. The molecule has 4 heteroatoms. The second-order valence-corrected chi connectivity index (χ2v) is 5.80. The largest absolute Gasteiger partial charge is 0.322 e. The minimum absolute atomic E-state index is 0.0858. The number of nitrogens with zero attached hydrogens (tertiary/aromatic N) is 2. The van der Waals surface area contributed by atoms with Gasteiger partial charge in [0, 0.05) is 6.20 Å². The quantitative estimate of drug-likeness (QED) is 0.921. The minimum Gasteiger partial charge on any atom is -0.322 e. The minimum atomic E-state index is 0.0858. The van der Waals surface area contributed by atoms with E-state index < -0.39 is 0 Å². The summed E-state index contributed by atoms with van der Waals surface area (Å²) in [5.41, 5.74) is 8.61. The Morgan fingerprint density at radius 1 is 1.28 bits per heavy atom. The van der Waals surface area contributed by atoms with Crippen molar-refractivity contribution < 1.29 is 0 Å². The zero-order chi connectivity index (χ0) is 12.4. The van der Waals surface area contributed by atoms with Crippen LogP contribution >= 0.6 is 11.8 Å². The highest BCUT2D eigenvalue weighted by atomic mass is 32.2. The Hall–Kier alpha value is -1.26. The molecule has 1 fully saturated rings. The molecule has 2 unspecified atom stereocenters. The van der Waals surface area contributed by atoms with E-state index in [-0.39, 0.29) is 6.04 Å². The zero-order valence-corrected chi connectivity index (χ0v) is 11.0. The van der Waals surface area contributed by atoms with Crippen LogP contribution in [0.5, 0.6) is 0 Å². The predicted octanol–water partition coefficient (Wildman–Crippen LogP) is 2.63. The van der Waals surface area contributed by atoms with Crippen molar-refractivity contribution in [1.29, 1.82) is 0 Å². The van der Waals surface area contributed by atoms with Gasteiger partial charge >= 0.3 is 0 Å². The monoisotopic (exact) mass is 259 g/mol. The van der Waals surface area contributed by atoms with Crippen LogP contribution in [0.4, 0.5) is 0 Å². The van der Waals surface area contributed by atoms with Crippen molar-refractivity contribution in [2.24, 2.45) is 11.7 Å². The van der Waals surface area contributed by atoms with Crippen LogP contribution in [0, 0.1) is 5.92 Å². The van der Waals surface area contributed by atoms with Crippen LogP contribution in [0.15, 0.2) is 42.6 Å². The molecule has 18 heavy (non-hydrogen) atoms. The van der Waals surface area contributed by atoms with Gasteiger partial charge in [0.05, 0.1) is 17.4 Å². The summed E-state index contributed by atoms with van der Waals surface area (Å²) in [6.07, 6.45) is 3.05. The van der Waals surface area contributed by atoms with Gasteiger partial charge in [-0.3, -0.25) is 0 Å². The van der Waals surface area contributed by atoms with Gasteiger partial charge < -0.3 is 5.73 Å². The highest BCUT2D eigenvalue weighted by Crippen LogP contribution is 2.33. The van der Waals surface area contributed by atoms with E-state index in [9.17, 15) is 0 Å². The fourth-order valence-electron chi connectivity index (χ4n) is 2.43. The highest BCUT2D eigenvalue weighted by Gasteiger charge is 2.26. The molecule has 3 nitrogen and oxygen atoms in total. The van der Waals surface area contributed by atoms with Crippen LogP contribution in [0.1, 0.15) is 18.2 Å². The second-order valence-electron chi connectivity index (χ2n) is 4.65. The van der Waals surface area contributed by atoms with Crippen LogP contribution in [0.2, 0.25) is 0 Å². The second kappa shape index (κ2) is 5.16. The first-order chi connectivity index (χ1) is 8.86. The standard InChI is InChI=1S/C14H17N3S/c15-14(11-7-9-18-10-11)13-6-8-16-17(13)12-4-2-1-3-5-12/h1-6,8,11,14H,7,9-10,15H2. The molecule has 1 aliphatic heterocycles. The Kier molecular flexibility index (Phi) is 3.39. The lowest BCUT2D eigenvalue weighted by Gasteiger charge is -2.19. The molecule has 2 heterocycles. The maximum absolute atomic E-state index is 6.41. The summed E-state index contributed by atoms with van der Waals surface area (Å²) in [5, 5.41) is 4.41. The summed E-state index contributed by atoms with van der Waals surface area (Å²) in [5.74, 6) is 2.98. The fraction of sp³-hybridized carbons (Fsp3) is 0.357. The molecule has 0 spiro atoms. The van der Waals surface area contributed by atoms with E-state index in [1.807, 2.05) is 46.9 Å². The molecule has 1 aliphatic rings. The maximum Gasteiger partial charge on any atom is 0.0649 e. The first-order valence-electron chi connectivity index (χ1n) is 6.29. The van der Waals surface area contributed by atoms with Crippen molar-refractivity contribution in [2.45, 2.75) is 12.5 Å². The average molecular weight is 259 g/mol. The zero-order valence-electron chi connectivity index (χ0n) is 10.2. The lowest BCUT2D eigenvalue weighted by atomic mass is 9.97. The predicted molar refractivity (Wildman–Crippen MR) is 75.9 cm³/mol. The number of nitrogens with two attached hydrogens (primary N) is 1. The van der Waals surface area contributed by atoms with Gasteiger partial charge in [-0.1, -0.05) is 18.2 Å².